The van der Waals surface area contributed by atoms with E-state index in [9.17, 15) is 4.39 Å². The van der Waals surface area contributed by atoms with Crippen molar-refractivity contribution in [2.75, 3.05) is 38.1 Å². The lowest BCUT2D eigenvalue weighted by Gasteiger charge is -2.34. The van der Waals surface area contributed by atoms with Crippen LogP contribution in [-0.4, -0.2) is 53.1 Å². The summed E-state index contributed by atoms with van der Waals surface area (Å²) >= 11 is 0. The zero-order valence-electron chi connectivity index (χ0n) is 15.1. The number of para-hydroxylation sites is 1. The second-order valence-electron chi connectivity index (χ2n) is 7.11. The minimum Gasteiger partial charge on any atom is -0.367 e. The number of nitrogens with zero attached hydrogens (tertiary/aromatic N) is 4. The highest BCUT2D eigenvalue weighted by Crippen LogP contribution is 2.28. The first-order valence-electron chi connectivity index (χ1n) is 9.15. The Morgan fingerprint density at radius 3 is 2.67 bits per heavy atom. The standard InChI is InChI=1S/C21H20FN5/c1-26-6-8-27(9-7-26)20-12-19-18(11-16(20)22)24-21(25-19)15-10-14-4-2-3-5-17(14)23-13-15/h2-5,10-13H,6-9H2,1H3,(H,24,25). The molecule has 0 aliphatic carbocycles. The molecule has 1 N–H and O–H groups in total. The number of aromatic nitrogens is 3. The number of likely N-dealkylation sites (N-methyl/N-ethyl adjacent to an activating group) is 1. The predicted octanol–water partition coefficient (Wildman–Crippen LogP) is 3.67. The number of imidazole rings is 1. The molecular weight excluding hydrogens is 341 g/mol. The molecule has 0 saturated carbocycles. The molecule has 6 heteroatoms. The lowest BCUT2D eigenvalue weighted by molar-refractivity contribution is 0.312. The van der Waals surface area contributed by atoms with E-state index in [4.69, 9.17) is 4.98 Å². The molecule has 1 saturated heterocycles. The highest BCUT2D eigenvalue weighted by molar-refractivity contribution is 5.86. The summed E-state index contributed by atoms with van der Waals surface area (Å²) in [7, 11) is 2.09. The first-order valence-corrected chi connectivity index (χ1v) is 9.15. The fraction of sp³-hybridized carbons (Fsp3) is 0.238. The van der Waals surface area contributed by atoms with Crippen LogP contribution < -0.4 is 4.90 Å². The van der Waals surface area contributed by atoms with Gasteiger partial charge in [0.25, 0.3) is 0 Å². The monoisotopic (exact) mass is 361 g/mol. The van der Waals surface area contributed by atoms with Crippen LogP contribution in [0, 0.1) is 5.82 Å². The lowest BCUT2D eigenvalue weighted by Crippen LogP contribution is -2.44. The first kappa shape index (κ1) is 16.2. The van der Waals surface area contributed by atoms with Crippen molar-refractivity contribution < 1.29 is 4.39 Å². The number of hydrogen-bond acceptors (Lipinski definition) is 4. The molecular formula is C21H20FN5. The Hall–Kier alpha value is -2.99. The van der Waals surface area contributed by atoms with Gasteiger partial charge in [0.05, 0.1) is 22.2 Å². The van der Waals surface area contributed by atoms with Crippen LogP contribution in [0.5, 0.6) is 0 Å². The van der Waals surface area contributed by atoms with Crippen molar-refractivity contribution in [3.05, 3.63) is 54.5 Å². The number of piperazine rings is 1. The van der Waals surface area contributed by atoms with Gasteiger partial charge in [-0.25, -0.2) is 9.37 Å². The Bertz CT molecular complexity index is 1130. The summed E-state index contributed by atoms with van der Waals surface area (Å²) in [4.78, 5) is 16.8. The quantitative estimate of drug-likeness (QED) is 0.592. The van der Waals surface area contributed by atoms with Gasteiger partial charge in [-0.05, 0) is 25.2 Å². The van der Waals surface area contributed by atoms with Crippen molar-refractivity contribution >= 4 is 27.6 Å². The van der Waals surface area contributed by atoms with E-state index in [1.54, 1.807) is 12.3 Å². The molecule has 2 aromatic heterocycles. The summed E-state index contributed by atoms with van der Waals surface area (Å²) in [6, 6.07) is 13.4. The van der Waals surface area contributed by atoms with Gasteiger partial charge < -0.3 is 14.8 Å². The molecule has 0 unspecified atom stereocenters. The summed E-state index contributed by atoms with van der Waals surface area (Å²) in [5.74, 6) is 0.497. The number of anilines is 1. The number of aromatic amines is 1. The van der Waals surface area contributed by atoms with E-state index in [2.05, 4.69) is 32.9 Å². The van der Waals surface area contributed by atoms with Crippen LogP contribution in [0.2, 0.25) is 0 Å². The topological polar surface area (TPSA) is 48.1 Å². The maximum atomic E-state index is 14.7. The average molecular weight is 361 g/mol. The van der Waals surface area contributed by atoms with E-state index < -0.39 is 0 Å². The van der Waals surface area contributed by atoms with Gasteiger partial charge in [0.15, 0.2) is 0 Å². The van der Waals surface area contributed by atoms with Crippen LogP contribution in [0.4, 0.5) is 10.1 Å². The maximum absolute atomic E-state index is 14.7. The van der Waals surface area contributed by atoms with Crippen LogP contribution in [-0.2, 0) is 0 Å². The van der Waals surface area contributed by atoms with Crippen molar-refractivity contribution in [1.29, 1.82) is 0 Å². The van der Waals surface area contributed by atoms with E-state index in [1.807, 2.05) is 30.3 Å². The first-order chi connectivity index (χ1) is 13.2. The van der Waals surface area contributed by atoms with Crippen LogP contribution in [0.3, 0.4) is 0 Å². The van der Waals surface area contributed by atoms with E-state index in [1.165, 1.54) is 0 Å². The highest BCUT2D eigenvalue weighted by atomic mass is 19.1. The number of rotatable bonds is 2. The molecule has 0 amide bonds. The molecule has 0 radical (unpaired) electrons. The molecule has 5 rings (SSSR count). The second kappa shape index (κ2) is 6.32. The summed E-state index contributed by atoms with van der Waals surface area (Å²) in [6.45, 7) is 3.52. The molecule has 1 fully saturated rings. The van der Waals surface area contributed by atoms with E-state index in [-0.39, 0.29) is 5.82 Å². The van der Waals surface area contributed by atoms with Gasteiger partial charge in [0.2, 0.25) is 0 Å². The minimum atomic E-state index is -0.209. The number of halogens is 1. The zero-order valence-corrected chi connectivity index (χ0v) is 15.1. The molecule has 1 aliphatic heterocycles. The molecule has 27 heavy (non-hydrogen) atoms. The number of fused-ring (bicyclic) bond motifs is 2. The zero-order chi connectivity index (χ0) is 18.4. The lowest BCUT2D eigenvalue weighted by atomic mass is 10.1. The number of nitrogens with one attached hydrogen (secondary N) is 1. The molecule has 4 aromatic rings. The van der Waals surface area contributed by atoms with Gasteiger partial charge in [-0.1, -0.05) is 18.2 Å². The van der Waals surface area contributed by atoms with E-state index in [0.29, 0.717) is 17.0 Å². The Balaban J connectivity index is 1.54. The average Bonchev–Trinajstić information content (AvgIpc) is 3.10. The van der Waals surface area contributed by atoms with Crippen LogP contribution in [0.15, 0.2) is 48.7 Å². The Morgan fingerprint density at radius 2 is 1.81 bits per heavy atom. The summed E-state index contributed by atoms with van der Waals surface area (Å²) in [6.07, 6.45) is 1.80. The molecule has 3 heterocycles. The Labute approximate surface area is 156 Å². The Morgan fingerprint density at radius 1 is 1.00 bits per heavy atom. The van der Waals surface area contributed by atoms with Gasteiger partial charge in [-0.15, -0.1) is 0 Å². The molecule has 5 nitrogen and oxygen atoms in total. The number of hydrogen-bond donors (Lipinski definition) is 1. The number of H-pyrrole nitrogens is 1. The number of benzene rings is 2. The molecule has 0 atom stereocenters. The summed E-state index contributed by atoms with van der Waals surface area (Å²) in [5, 5.41) is 1.06. The molecule has 2 aromatic carbocycles. The highest BCUT2D eigenvalue weighted by Gasteiger charge is 2.19. The third-order valence-corrected chi connectivity index (χ3v) is 5.26. The molecule has 0 bridgehead atoms. The number of pyridine rings is 1. The van der Waals surface area contributed by atoms with Crippen molar-refractivity contribution in [3.63, 3.8) is 0 Å². The van der Waals surface area contributed by atoms with Crippen LogP contribution >= 0.6 is 0 Å². The van der Waals surface area contributed by atoms with Crippen molar-refractivity contribution in [2.24, 2.45) is 0 Å². The normalized spacial score (nSPS) is 15.7. The minimum absolute atomic E-state index is 0.209. The van der Waals surface area contributed by atoms with E-state index >= 15 is 0 Å². The molecule has 136 valence electrons. The van der Waals surface area contributed by atoms with Crippen molar-refractivity contribution in [2.45, 2.75) is 0 Å². The third-order valence-electron chi connectivity index (χ3n) is 5.26. The fourth-order valence-electron chi connectivity index (χ4n) is 3.65. The third kappa shape index (κ3) is 2.92. The van der Waals surface area contributed by atoms with Crippen molar-refractivity contribution in [3.8, 4) is 11.4 Å². The summed E-state index contributed by atoms with van der Waals surface area (Å²) in [5.41, 5.74) is 3.94. The van der Waals surface area contributed by atoms with Gasteiger partial charge in [0, 0.05) is 49.4 Å². The van der Waals surface area contributed by atoms with Crippen molar-refractivity contribution in [1.82, 2.24) is 19.9 Å². The van der Waals surface area contributed by atoms with Gasteiger partial charge in [0.1, 0.15) is 11.6 Å². The van der Waals surface area contributed by atoms with E-state index in [0.717, 1.165) is 48.2 Å². The molecule has 0 spiro atoms. The van der Waals surface area contributed by atoms with Crippen LogP contribution in [0.25, 0.3) is 33.3 Å². The summed E-state index contributed by atoms with van der Waals surface area (Å²) < 4.78 is 14.7. The Kier molecular flexibility index (Phi) is 3.79. The van der Waals surface area contributed by atoms with Gasteiger partial charge >= 0.3 is 0 Å². The molecule has 1 aliphatic rings. The van der Waals surface area contributed by atoms with Gasteiger partial charge in [-0.3, -0.25) is 4.98 Å². The second-order valence-corrected chi connectivity index (χ2v) is 7.11. The van der Waals surface area contributed by atoms with Crippen LogP contribution in [0.1, 0.15) is 0 Å². The largest absolute Gasteiger partial charge is 0.367 e. The van der Waals surface area contributed by atoms with Gasteiger partial charge in [-0.2, -0.15) is 0 Å². The fourth-order valence-corrected chi connectivity index (χ4v) is 3.65. The predicted molar refractivity (Wildman–Crippen MR) is 106 cm³/mol. The maximum Gasteiger partial charge on any atom is 0.148 e. The SMILES string of the molecule is CN1CCN(c2cc3nc(-c4cnc5ccccc5c4)[nH]c3cc2F)CC1. The smallest absolute Gasteiger partial charge is 0.148 e.